The fraction of sp³-hybridized carbons (Fsp3) is 0.200. The number of hydrogen-bond acceptors (Lipinski definition) is 7. The van der Waals surface area contributed by atoms with Crippen LogP contribution in [-0.2, 0) is 17.8 Å². The van der Waals surface area contributed by atoms with Gasteiger partial charge in [0.1, 0.15) is 5.82 Å². The van der Waals surface area contributed by atoms with E-state index in [2.05, 4.69) is 21.0 Å². The van der Waals surface area contributed by atoms with Crippen molar-refractivity contribution < 1.29 is 14.5 Å². The Bertz CT molecular complexity index is 1090. The number of non-ortho nitro benzene ring substituents is 1. The van der Waals surface area contributed by atoms with E-state index >= 15 is 0 Å². The van der Waals surface area contributed by atoms with Crippen molar-refractivity contribution >= 4 is 29.3 Å². The largest absolute Gasteiger partial charge is 0.306 e. The van der Waals surface area contributed by atoms with E-state index in [1.54, 1.807) is 0 Å². The van der Waals surface area contributed by atoms with Crippen LogP contribution in [0.1, 0.15) is 28.7 Å². The predicted molar refractivity (Wildman–Crippen MR) is 114 cm³/mol. The highest BCUT2D eigenvalue weighted by Crippen LogP contribution is 2.18. The Kier molecular flexibility index (Phi) is 7.33. The molecule has 2 N–H and O–H groups in total. The number of thioether (sulfide) groups is 1. The molecule has 11 heteroatoms. The molecule has 0 unspecified atom stereocenters. The molecule has 0 aliphatic heterocycles. The van der Waals surface area contributed by atoms with Gasteiger partial charge in [-0.1, -0.05) is 48.2 Å². The Balaban J connectivity index is 1.53. The van der Waals surface area contributed by atoms with E-state index < -0.39 is 16.7 Å². The van der Waals surface area contributed by atoms with Crippen LogP contribution in [0.25, 0.3) is 0 Å². The third-order valence-corrected chi connectivity index (χ3v) is 5.25. The molecule has 0 spiro atoms. The average Bonchev–Trinajstić information content (AvgIpc) is 3.18. The summed E-state index contributed by atoms with van der Waals surface area (Å²) in [7, 11) is 0. The van der Waals surface area contributed by atoms with Crippen molar-refractivity contribution in [2.24, 2.45) is 0 Å². The van der Waals surface area contributed by atoms with Crippen LogP contribution in [0.5, 0.6) is 0 Å². The summed E-state index contributed by atoms with van der Waals surface area (Å²) in [5, 5.41) is 19.8. The van der Waals surface area contributed by atoms with E-state index in [4.69, 9.17) is 0 Å². The van der Waals surface area contributed by atoms with E-state index in [-0.39, 0.29) is 17.0 Å². The SMILES string of the molecule is CCn1c(Cc2ccccc2)nnc1SCC(=O)NNC(=O)c1cccc([N+](=O)[O-])c1. The minimum atomic E-state index is -0.649. The average molecular weight is 440 g/mol. The van der Waals surface area contributed by atoms with Crippen LogP contribution in [0, 0.1) is 10.1 Å². The lowest BCUT2D eigenvalue weighted by atomic mass is 10.1. The number of benzene rings is 2. The highest BCUT2D eigenvalue weighted by molar-refractivity contribution is 7.99. The Morgan fingerprint density at radius 1 is 1.10 bits per heavy atom. The Hall–Kier alpha value is -3.73. The fourth-order valence-corrected chi connectivity index (χ4v) is 3.60. The van der Waals surface area contributed by atoms with Gasteiger partial charge in [0.15, 0.2) is 5.16 Å². The number of nitrogens with zero attached hydrogens (tertiary/aromatic N) is 4. The molecular weight excluding hydrogens is 420 g/mol. The van der Waals surface area contributed by atoms with Crippen LogP contribution in [0.15, 0.2) is 59.8 Å². The van der Waals surface area contributed by atoms with Crippen LogP contribution in [0.2, 0.25) is 0 Å². The van der Waals surface area contributed by atoms with Crippen molar-refractivity contribution in [1.82, 2.24) is 25.6 Å². The molecule has 160 valence electrons. The first-order valence-electron chi connectivity index (χ1n) is 9.40. The standard InChI is InChI=1S/C20H20N6O4S/c1-2-25-17(11-14-7-4-3-5-8-14)21-24-20(25)31-13-18(27)22-23-19(28)15-9-6-10-16(12-15)26(29)30/h3-10,12H,2,11,13H2,1H3,(H,22,27)(H,23,28). The Morgan fingerprint density at radius 2 is 1.87 bits per heavy atom. The maximum Gasteiger partial charge on any atom is 0.270 e. The van der Waals surface area contributed by atoms with E-state index in [1.807, 2.05) is 41.8 Å². The first-order valence-corrected chi connectivity index (χ1v) is 10.4. The number of hydrazine groups is 1. The molecular formula is C20H20N6O4S. The molecule has 10 nitrogen and oxygen atoms in total. The van der Waals surface area contributed by atoms with E-state index in [0.717, 1.165) is 17.5 Å². The van der Waals surface area contributed by atoms with Gasteiger partial charge in [-0.15, -0.1) is 10.2 Å². The van der Waals surface area contributed by atoms with Crippen molar-refractivity contribution in [3.8, 4) is 0 Å². The van der Waals surface area contributed by atoms with Gasteiger partial charge in [-0.2, -0.15) is 0 Å². The number of nitro benzene ring substituents is 1. The maximum atomic E-state index is 12.1. The summed E-state index contributed by atoms with van der Waals surface area (Å²) in [5.74, 6) is -0.280. The molecule has 0 radical (unpaired) electrons. The normalized spacial score (nSPS) is 10.5. The number of amides is 2. The highest BCUT2D eigenvalue weighted by Gasteiger charge is 2.15. The fourth-order valence-electron chi connectivity index (χ4n) is 2.78. The van der Waals surface area contributed by atoms with Gasteiger partial charge in [-0.05, 0) is 18.6 Å². The summed E-state index contributed by atoms with van der Waals surface area (Å²) in [5.41, 5.74) is 5.52. The first kappa shape index (κ1) is 22.0. The third kappa shape index (κ3) is 5.89. The number of carbonyl (C=O) groups excluding carboxylic acids is 2. The molecule has 3 aromatic rings. The van der Waals surface area contributed by atoms with Gasteiger partial charge in [-0.25, -0.2) is 0 Å². The molecule has 1 heterocycles. The zero-order valence-electron chi connectivity index (χ0n) is 16.6. The van der Waals surface area contributed by atoms with Gasteiger partial charge in [0.25, 0.3) is 11.6 Å². The lowest BCUT2D eigenvalue weighted by molar-refractivity contribution is -0.384. The van der Waals surface area contributed by atoms with Gasteiger partial charge in [0, 0.05) is 30.7 Å². The minimum Gasteiger partial charge on any atom is -0.306 e. The number of nitrogens with one attached hydrogen (secondary N) is 2. The Labute approximate surface area is 182 Å². The van der Waals surface area contributed by atoms with Gasteiger partial charge in [0.05, 0.1) is 10.7 Å². The molecule has 2 aromatic carbocycles. The summed E-state index contributed by atoms with van der Waals surface area (Å²) in [6.45, 7) is 2.63. The van der Waals surface area contributed by atoms with Gasteiger partial charge in [0.2, 0.25) is 5.91 Å². The predicted octanol–water partition coefficient (Wildman–Crippen LogP) is 2.35. The van der Waals surface area contributed by atoms with Crippen LogP contribution in [-0.4, -0.2) is 37.3 Å². The van der Waals surface area contributed by atoms with Crippen LogP contribution < -0.4 is 10.9 Å². The van der Waals surface area contributed by atoms with Gasteiger partial charge < -0.3 is 4.57 Å². The molecule has 0 fully saturated rings. The molecule has 3 rings (SSSR count). The second-order valence-electron chi connectivity index (χ2n) is 6.40. The summed E-state index contributed by atoms with van der Waals surface area (Å²) in [6.07, 6.45) is 0.633. The topological polar surface area (TPSA) is 132 Å². The second kappa shape index (κ2) is 10.3. The lowest BCUT2D eigenvalue weighted by Crippen LogP contribution is -2.42. The number of hydrogen-bond donors (Lipinski definition) is 2. The van der Waals surface area contributed by atoms with E-state index in [1.165, 1.54) is 30.0 Å². The molecule has 0 aliphatic carbocycles. The second-order valence-corrected chi connectivity index (χ2v) is 7.35. The highest BCUT2D eigenvalue weighted by atomic mass is 32.2. The minimum absolute atomic E-state index is 0.0126. The molecule has 0 bridgehead atoms. The van der Waals surface area contributed by atoms with Crippen LogP contribution >= 0.6 is 11.8 Å². The number of rotatable bonds is 8. The zero-order valence-corrected chi connectivity index (χ0v) is 17.5. The summed E-state index contributed by atoms with van der Waals surface area (Å²) < 4.78 is 1.94. The van der Waals surface area contributed by atoms with Crippen molar-refractivity contribution in [3.05, 3.63) is 81.7 Å². The number of nitro groups is 1. The van der Waals surface area contributed by atoms with Crippen molar-refractivity contribution in [2.45, 2.75) is 25.0 Å². The van der Waals surface area contributed by atoms with E-state index in [9.17, 15) is 19.7 Å². The summed E-state index contributed by atoms with van der Waals surface area (Å²) in [6, 6.07) is 15.1. The molecule has 0 aliphatic rings. The van der Waals surface area contributed by atoms with Crippen LogP contribution in [0.4, 0.5) is 5.69 Å². The number of carbonyl (C=O) groups is 2. The van der Waals surface area contributed by atoms with Crippen LogP contribution in [0.3, 0.4) is 0 Å². The quantitative estimate of drug-likeness (QED) is 0.312. The summed E-state index contributed by atoms with van der Waals surface area (Å²) >= 11 is 1.20. The lowest BCUT2D eigenvalue weighted by Gasteiger charge is -2.09. The summed E-state index contributed by atoms with van der Waals surface area (Å²) in [4.78, 5) is 34.4. The maximum absolute atomic E-state index is 12.1. The third-order valence-electron chi connectivity index (χ3n) is 4.28. The monoisotopic (exact) mass is 440 g/mol. The number of aromatic nitrogens is 3. The smallest absolute Gasteiger partial charge is 0.270 e. The zero-order chi connectivity index (χ0) is 22.2. The van der Waals surface area contributed by atoms with Crippen molar-refractivity contribution in [2.75, 3.05) is 5.75 Å². The molecule has 0 saturated carbocycles. The van der Waals surface area contributed by atoms with Crippen molar-refractivity contribution in [1.29, 1.82) is 0 Å². The molecule has 2 amide bonds. The molecule has 0 saturated heterocycles. The van der Waals surface area contributed by atoms with E-state index in [0.29, 0.717) is 18.1 Å². The Morgan fingerprint density at radius 3 is 2.58 bits per heavy atom. The molecule has 0 atom stereocenters. The van der Waals surface area contributed by atoms with Gasteiger partial charge in [-0.3, -0.25) is 30.6 Å². The van der Waals surface area contributed by atoms with Gasteiger partial charge >= 0.3 is 0 Å². The molecule has 1 aromatic heterocycles. The van der Waals surface area contributed by atoms with Crippen molar-refractivity contribution in [3.63, 3.8) is 0 Å². The molecule has 31 heavy (non-hydrogen) atoms. The first-order chi connectivity index (χ1) is 15.0.